The molecular formula is C37H39N2O7P. The highest BCUT2D eigenvalue weighted by Crippen LogP contribution is 2.44. The Kier molecular flexibility index (Phi) is 11.2. The minimum absolute atomic E-state index is 0.393. The second-order valence-electron chi connectivity index (χ2n) is 11.5. The first-order valence-electron chi connectivity index (χ1n) is 15.7. The molecule has 47 heavy (non-hydrogen) atoms. The number of carboxylic acid groups (broad SMARTS) is 1. The van der Waals surface area contributed by atoms with Crippen LogP contribution >= 0.6 is 7.37 Å². The third-order valence-corrected chi connectivity index (χ3v) is 10.7. The molecule has 1 aliphatic rings. The van der Waals surface area contributed by atoms with Crippen LogP contribution in [0, 0.1) is 0 Å². The van der Waals surface area contributed by atoms with E-state index >= 15 is 0 Å². The van der Waals surface area contributed by atoms with E-state index in [-0.39, 0.29) is 0 Å². The van der Waals surface area contributed by atoms with Gasteiger partial charge in [-0.25, -0.2) is 0 Å². The number of hydrogen-bond donors (Lipinski definition) is 3. The molecule has 1 saturated heterocycles. The first-order valence-corrected chi connectivity index (χ1v) is 17.3. The van der Waals surface area contributed by atoms with E-state index in [4.69, 9.17) is 9.26 Å². The van der Waals surface area contributed by atoms with Crippen LogP contribution in [0.15, 0.2) is 115 Å². The minimum atomic E-state index is -3.71. The predicted molar refractivity (Wildman–Crippen MR) is 181 cm³/mol. The number of amides is 1. The van der Waals surface area contributed by atoms with Crippen molar-refractivity contribution in [3.8, 4) is 11.1 Å². The number of Topliss-reactive ketones (excluding diaryl/α,β-unsaturated/α-hetero) is 1. The number of carboxylic acids is 1. The Labute approximate surface area is 274 Å². The predicted octanol–water partition coefficient (Wildman–Crippen LogP) is 5.16. The molecule has 1 amide bonds. The molecule has 1 heterocycles. The first kappa shape index (κ1) is 33.9. The number of ketones is 1. The number of carbonyl (C=O) groups is 3. The summed E-state index contributed by atoms with van der Waals surface area (Å²) in [6, 6.07) is 32.6. The lowest BCUT2D eigenvalue weighted by Crippen LogP contribution is -2.57. The highest BCUT2D eigenvalue weighted by Gasteiger charge is 2.40. The van der Waals surface area contributed by atoms with Gasteiger partial charge < -0.3 is 19.7 Å². The van der Waals surface area contributed by atoms with Crippen molar-refractivity contribution in [2.75, 3.05) is 13.2 Å². The van der Waals surface area contributed by atoms with Crippen molar-refractivity contribution in [1.82, 2.24) is 10.6 Å². The standard InChI is InChI=1S/C37H39N2O7P/c1-27(39-37(23-13-14-24-45-37)32-22-12-11-21-31(32)28-15-5-2-6-16-28)36(43)38-33(25-35(41)42)34(40)26-46-47(44,29-17-7-3-8-18-29)30-19-9-4-10-20-30/h2-12,15-22,27,33,39H,13-14,23-26H2,1H3,(H,38,43)(H,41,42)/t27-,33-,37?/m0/s1. The van der Waals surface area contributed by atoms with Crippen molar-refractivity contribution in [3.63, 3.8) is 0 Å². The van der Waals surface area contributed by atoms with Gasteiger partial charge in [-0.1, -0.05) is 91.0 Å². The van der Waals surface area contributed by atoms with E-state index < -0.39 is 55.9 Å². The smallest absolute Gasteiger partial charge is 0.305 e. The van der Waals surface area contributed by atoms with Gasteiger partial charge in [-0.3, -0.25) is 24.3 Å². The molecule has 1 aliphatic heterocycles. The van der Waals surface area contributed by atoms with Crippen molar-refractivity contribution >= 4 is 35.6 Å². The number of hydrogen-bond acceptors (Lipinski definition) is 7. The molecule has 0 aliphatic carbocycles. The van der Waals surface area contributed by atoms with Crippen molar-refractivity contribution in [2.45, 2.75) is 50.4 Å². The monoisotopic (exact) mass is 654 g/mol. The van der Waals surface area contributed by atoms with Crippen LogP contribution in [-0.2, 0) is 33.9 Å². The van der Waals surface area contributed by atoms with E-state index in [1.54, 1.807) is 67.6 Å². The van der Waals surface area contributed by atoms with Gasteiger partial charge in [-0.15, -0.1) is 0 Å². The zero-order chi connectivity index (χ0) is 33.3. The number of benzene rings is 4. The van der Waals surface area contributed by atoms with Crippen LogP contribution in [0.3, 0.4) is 0 Å². The fourth-order valence-corrected chi connectivity index (χ4v) is 7.87. The molecule has 0 aromatic heterocycles. The maximum absolute atomic E-state index is 14.2. The second-order valence-corrected chi connectivity index (χ2v) is 13.9. The molecule has 3 atom stereocenters. The highest BCUT2D eigenvalue weighted by molar-refractivity contribution is 7.74. The molecule has 0 radical (unpaired) electrons. The van der Waals surface area contributed by atoms with E-state index in [9.17, 15) is 24.1 Å². The normalized spacial score (nSPS) is 17.7. The lowest BCUT2D eigenvalue weighted by Gasteiger charge is -2.41. The van der Waals surface area contributed by atoms with E-state index in [1.807, 2.05) is 54.6 Å². The molecule has 4 aromatic carbocycles. The third-order valence-electron chi connectivity index (χ3n) is 8.23. The summed E-state index contributed by atoms with van der Waals surface area (Å²) in [5.41, 5.74) is 1.86. The zero-order valence-electron chi connectivity index (χ0n) is 26.2. The average Bonchev–Trinajstić information content (AvgIpc) is 3.11. The van der Waals surface area contributed by atoms with Crippen molar-refractivity contribution in [2.24, 2.45) is 0 Å². The summed E-state index contributed by atoms with van der Waals surface area (Å²) in [4.78, 5) is 38.9. The van der Waals surface area contributed by atoms with Crippen molar-refractivity contribution < 1.29 is 33.3 Å². The van der Waals surface area contributed by atoms with Crippen molar-refractivity contribution in [3.05, 3.63) is 121 Å². The number of nitrogens with one attached hydrogen (secondary N) is 2. The zero-order valence-corrected chi connectivity index (χ0v) is 27.1. The topological polar surface area (TPSA) is 131 Å². The van der Waals surface area contributed by atoms with E-state index in [0.29, 0.717) is 23.6 Å². The van der Waals surface area contributed by atoms with Gasteiger partial charge in [0.1, 0.15) is 18.4 Å². The molecule has 0 bridgehead atoms. The second kappa shape index (κ2) is 15.5. The fraction of sp³-hybridized carbons (Fsp3) is 0.270. The molecule has 9 nitrogen and oxygen atoms in total. The van der Waals surface area contributed by atoms with Gasteiger partial charge in [0.2, 0.25) is 5.91 Å². The van der Waals surface area contributed by atoms with Crippen LogP contribution in [0.1, 0.15) is 38.2 Å². The molecule has 0 spiro atoms. The Morgan fingerprint density at radius 1 is 0.851 bits per heavy atom. The SMILES string of the molecule is C[C@H](NC1(c2ccccc2-c2ccccc2)CCCCO1)C(=O)N[C@@H](CC(=O)O)C(=O)COP(=O)(c1ccccc1)c1ccccc1. The molecule has 3 N–H and O–H groups in total. The highest BCUT2D eigenvalue weighted by atomic mass is 31.2. The summed E-state index contributed by atoms with van der Waals surface area (Å²) in [5.74, 6) is -2.56. The quantitative estimate of drug-likeness (QED) is 0.159. The number of ether oxygens (including phenoxy) is 1. The number of rotatable bonds is 14. The van der Waals surface area contributed by atoms with Gasteiger partial charge in [0.25, 0.3) is 7.37 Å². The summed E-state index contributed by atoms with van der Waals surface area (Å²) in [6.45, 7) is 1.47. The van der Waals surface area contributed by atoms with Gasteiger partial charge in [-0.2, -0.15) is 0 Å². The van der Waals surface area contributed by atoms with Crippen LogP contribution in [0.2, 0.25) is 0 Å². The maximum Gasteiger partial charge on any atom is 0.305 e. The molecule has 244 valence electrons. The van der Waals surface area contributed by atoms with Gasteiger partial charge >= 0.3 is 5.97 Å². The maximum atomic E-state index is 14.2. The van der Waals surface area contributed by atoms with Gasteiger partial charge in [0.15, 0.2) is 5.78 Å². The molecular weight excluding hydrogens is 615 g/mol. The Hall–Kier alpha value is -4.40. The van der Waals surface area contributed by atoms with Crippen LogP contribution in [0.5, 0.6) is 0 Å². The molecule has 1 fully saturated rings. The Balaban J connectivity index is 1.34. The average molecular weight is 655 g/mol. The van der Waals surface area contributed by atoms with Crippen LogP contribution in [-0.4, -0.2) is 48.1 Å². The molecule has 5 rings (SSSR count). The summed E-state index contributed by atoms with van der Waals surface area (Å²) in [7, 11) is -3.71. The fourth-order valence-electron chi connectivity index (χ4n) is 5.84. The lowest BCUT2D eigenvalue weighted by molar-refractivity contribution is -0.142. The lowest BCUT2D eigenvalue weighted by atomic mass is 9.87. The molecule has 0 saturated carbocycles. The van der Waals surface area contributed by atoms with E-state index in [0.717, 1.165) is 29.5 Å². The largest absolute Gasteiger partial charge is 0.481 e. The minimum Gasteiger partial charge on any atom is -0.481 e. The van der Waals surface area contributed by atoms with Crippen molar-refractivity contribution in [1.29, 1.82) is 0 Å². The summed E-state index contributed by atoms with van der Waals surface area (Å²) in [6.07, 6.45) is 1.68. The molecule has 1 unspecified atom stereocenters. The van der Waals surface area contributed by atoms with Gasteiger partial charge in [-0.05, 0) is 61.6 Å². The summed E-state index contributed by atoms with van der Waals surface area (Å²) >= 11 is 0. The Morgan fingerprint density at radius 2 is 1.43 bits per heavy atom. The summed E-state index contributed by atoms with van der Waals surface area (Å²) in [5, 5.41) is 16.4. The Bertz CT molecular complexity index is 1670. The third kappa shape index (κ3) is 8.13. The molecule has 10 heteroatoms. The Morgan fingerprint density at radius 3 is 2.00 bits per heavy atom. The van der Waals surface area contributed by atoms with Gasteiger partial charge in [0.05, 0.1) is 12.5 Å². The summed E-state index contributed by atoms with van der Waals surface area (Å²) < 4.78 is 26.5. The van der Waals surface area contributed by atoms with E-state index in [2.05, 4.69) is 10.6 Å². The van der Waals surface area contributed by atoms with Crippen LogP contribution in [0.25, 0.3) is 11.1 Å². The number of aliphatic carboxylic acids is 1. The van der Waals surface area contributed by atoms with Crippen LogP contribution < -0.4 is 21.2 Å². The molecule has 4 aromatic rings. The van der Waals surface area contributed by atoms with E-state index in [1.165, 1.54) is 0 Å². The van der Waals surface area contributed by atoms with Crippen LogP contribution in [0.4, 0.5) is 0 Å². The van der Waals surface area contributed by atoms with Gasteiger partial charge in [0, 0.05) is 22.8 Å². The number of carbonyl (C=O) groups excluding carboxylic acids is 2. The first-order chi connectivity index (χ1) is 22.7.